The second-order valence-electron chi connectivity index (χ2n) is 6.63. The minimum atomic E-state index is -0.369. The van der Waals surface area contributed by atoms with Crippen LogP contribution in [0, 0.1) is 12.8 Å². The molecule has 5 nitrogen and oxygen atoms in total. The molecular formula is C19H28N2O3. The van der Waals surface area contributed by atoms with Gasteiger partial charge in [0.05, 0.1) is 0 Å². The second-order valence-corrected chi connectivity index (χ2v) is 6.63. The van der Waals surface area contributed by atoms with Gasteiger partial charge in [-0.3, -0.25) is 9.59 Å². The minimum Gasteiger partial charge on any atom is -0.381 e. The zero-order chi connectivity index (χ0) is 17.4. The number of amides is 2. The number of nitrogens with two attached hydrogens (primary N) is 1. The van der Waals surface area contributed by atoms with E-state index in [-0.39, 0.29) is 30.2 Å². The molecule has 24 heavy (non-hydrogen) atoms. The molecule has 1 aromatic carbocycles. The fourth-order valence-electron chi connectivity index (χ4n) is 3.16. The van der Waals surface area contributed by atoms with E-state index in [1.165, 1.54) is 11.1 Å². The number of ether oxygens (including phenoxy) is 1. The molecule has 1 fully saturated rings. The molecule has 3 N–H and O–H groups in total. The summed E-state index contributed by atoms with van der Waals surface area (Å²) in [7, 11) is 0. The summed E-state index contributed by atoms with van der Waals surface area (Å²) in [5, 5.41) is 3.02. The number of hydrogen-bond acceptors (Lipinski definition) is 3. The van der Waals surface area contributed by atoms with Crippen molar-refractivity contribution in [3.8, 4) is 0 Å². The van der Waals surface area contributed by atoms with Gasteiger partial charge >= 0.3 is 0 Å². The molecule has 1 heterocycles. The van der Waals surface area contributed by atoms with Crippen LogP contribution in [-0.2, 0) is 20.7 Å². The summed E-state index contributed by atoms with van der Waals surface area (Å²) >= 11 is 0. The second kappa shape index (κ2) is 9.42. The Labute approximate surface area is 143 Å². The molecule has 1 saturated heterocycles. The Morgan fingerprint density at radius 1 is 1.25 bits per heavy atom. The molecule has 0 aromatic heterocycles. The first kappa shape index (κ1) is 18.5. The molecule has 0 radical (unpaired) electrons. The van der Waals surface area contributed by atoms with Gasteiger partial charge in [0.15, 0.2) is 0 Å². The van der Waals surface area contributed by atoms with E-state index in [1.807, 2.05) is 0 Å². The van der Waals surface area contributed by atoms with Crippen molar-refractivity contribution in [2.24, 2.45) is 11.7 Å². The first-order chi connectivity index (χ1) is 11.5. The van der Waals surface area contributed by atoms with Crippen LogP contribution in [-0.4, -0.2) is 31.1 Å². The van der Waals surface area contributed by atoms with Gasteiger partial charge in [0, 0.05) is 32.1 Å². The van der Waals surface area contributed by atoms with Gasteiger partial charge in [0.25, 0.3) is 0 Å². The van der Waals surface area contributed by atoms with Gasteiger partial charge in [0.1, 0.15) is 0 Å². The third kappa shape index (κ3) is 6.32. The molecule has 1 aliphatic rings. The number of rotatable bonds is 8. The van der Waals surface area contributed by atoms with Gasteiger partial charge in [-0.25, -0.2) is 0 Å². The molecule has 0 bridgehead atoms. The Morgan fingerprint density at radius 3 is 2.54 bits per heavy atom. The highest BCUT2D eigenvalue weighted by Crippen LogP contribution is 2.21. The summed E-state index contributed by atoms with van der Waals surface area (Å²) in [5.74, 6) is -0.0985. The largest absolute Gasteiger partial charge is 0.381 e. The van der Waals surface area contributed by atoms with Gasteiger partial charge < -0.3 is 15.8 Å². The van der Waals surface area contributed by atoms with Gasteiger partial charge in [-0.05, 0) is 44.1 Å². The van der Waals surface area contributed by atoms with Crippen molar-refractivity contribution in [3.63, 3.8) is 0 Å². The van der Waals surface area contributed by atoms with Gasteiger partial charge in [-0.2, -0.15) is 0 Å². The van der Waals surface area contributed by atoms with E-state index in [2.05, 4.69) is 36.5 Å². The van der Waals surface area contributed by atoms with Crippen LogP contribution in [0.15, 0.2) is 24.3 Å². The van der Waals surface area contributed by atoms with E-state index in [0.29, 0.717) is 19.6 Å². The van der Waals surface area contributed by atoms with Gasteiger partial charge in [-0.15, -0.1) is 0 Å². The Balaban J connectivity index is 1.78. The molecule has 5 heteroatoms. The van der Waals surface area contributed by atoms with E-state index in [0.717, 1.165) is 25.7 Å². The van der Waals surface area contributed by atoms with Crippen LogP contribution in [0.1, 0.15) is 43.2 Å². The van der Waals surface area contributed by atoms with Crippen LogP contribution in [0.5, 0.6) is 0 Å². The SMILES string of the molecule is Cc1ccc(CCCC(=O)NC(CC(N)=O)C2CCOCC2)cc1. The lowest BCUT2D eigenvalue weighted by Crippen LogP contribution is -2.44. The highest BCUT2D eigenvalue weighted by Gasteiger charge is 2.26. The van der Waals surface area contributed by atoms with Crippen molar-refractivity contribution in [3.05, 3.63) is 35.4 Å². The minimum absolute atomic E-state index is 0.000136. The summed E-state index contributed by atoms with van der Waals surface area (Å²) in [4.78, 5) is 23.5. The van der Waals surface area contributed by atoms with Crippen molar-refractivity contribution in [1.29, 1.82) is 0 Å². The van der Waals surface area contributed by atoms with Crippen LogP contribution in [0.2, 0.25) is 0 Å². The third-order valence-electron chi connectivity index (χ3n) is 4.59. The first-order valence-corrected chi connectivity index (χ1v) is 8.75. The van der Waals surface area contributed by atoms with Crippen molar-refractivity contribution >= 4 is 11.8 Å². The molecular weight excluding hydrogens is 304 g/mol. The van der Waals surface area contributed by atoms with Crippen LogP contribution in [0.3, 0.4) is 0 Å². The first-order valence-electron chi connectivity index (χ1n) is 8.75. The maximum absolute atomic E-state index is 12.2. The number of nitrogens with one attached hydrogen (secondary N) is 1. The van der Waals surface area contributed by atoms with E-state index in [9.17, 15) is 9.59 Å². The summed E-state index contributed by atoms with van der Waals surface area (Å²) in [5.41, 5.74) is 7.82. The lowest BCUT2D eigenvalue weighted by atomic mass is 9.89. The number of hydrogen-bond donors (Lipinski definition) is 2. The molecule has 0 aliphatic carbocycles. The fourth-order valence-corrected chi connectivity index (χ4v) is 3.16. The molecule has 1 unspecified atom stereocenters. The average Bonchev–Trinajstić information content (AvgIpc) is 2.56. The summed E-state index contributed by atoms with van der Waals surface area (Å²) in [6, 6.07) is 8.21. The molecule has 1 atom stereocenters. The molecule has 0 saturated carbocycles. The predicted octanol–water partition coefficient (Wildman–Crippen LogP) is 2.10. The monoisotopic (exact) mass is 332 g/mol. The number of benzene rings is 1. The quantitative estimate of drug-likeness (QED) is 0.765. The van der Waals surface area contributed by atoms with E-state index in [4.69, 9.17) is 10.5 Å². The summed E-state index contributed by atoms with van der Waals surface area (Å²) in [6.45, 7) is 3.43. The molecule has 2 amide bonds. The maximum atomic E-state index is 12.2. The Kier molecular flexibility index (Phi) is 7.25. The highest BCUT2D eigenvalue weighted by molar-refractivity contribution is 5.78. The molecule has 1 aliphatic heterocycles. The third-order valence-corrected chi connectivity index (χ3v) is 4.59. The van der Waals surface area contributed by atoms with E-state index >= 15 is 0 Å². The normalized spacial score (nSPS) is 16.5. The molecule has 132 valence electrons. The smallest absolute Gasteiger partial charge is 0.220 e. The molecule has 1 aromatic rings. The van der Waals surface area contributed by atoms with Crippen LogP contribution >= 0.6 is 0 Å². The average molecular weight is 332 g/mol. The predicted molar refractivity (Wildman–Crippen MR) is 93.4 cm³/mol. The summed E-state index contributed by atoms with van der Waals surface area (Å²) < 4.78 is 5.35. The zero-order valence-corrected chi connectivity index (χ0v) is 14.4. The molecule has 2 rings (SSSR count). The lowest BCUT2D eigenvalue weighted by molar-refractivity contribution is -0.123. The standard InChI is InChI=1S/C19H28N2O3/c1-14-5-7-15(8-6-14)3-2-4-19(23)21-17(13-18(20)22)16-9-11-24-12-10-16/h5-8,16-17H,2-4,9-13H2,1H3,(H2,20,22)(H,21,23). The molecule has 0 spiro atoms. The van der Waals surface area contributed by atoms with E-state index < -0.39 is 0 Å². The lowest BCUT2D eigenvalue weighted by Gasteiger charge is -2.30. The van der Waals surface area contributed by atoms with Gasteiger partial charge in [-0.1, -0.05) is 29.8 Å². The van der Waals surface area contributed by atoms with Crippen molar-refractivity contribution in [2.45, 2.75) is 51.5 Å². The Hall–Kier alpha value is -1.88. The topological polar surface area (TPSA) is 81.4 Å². The Morgan fingerprint density at radius 2 is 1.92 bits per heavy atom. The Bertz CT molecular complexity index is 536. The highest BCUT2D eigenvalue weighted by atomic mass is 16.5. The maximum Gasteiger partial charge on any atom is 0.220 e. The van der Waals surface area contributed by atoms with Crippen molar-refractivity contribution < 1.29 is 14.3 Å². The zero-order valence-electron chi connectivity index (χ0n) is 14.4. The van der Waals surface area contributed by atoms with Crippen LogP contribution in [0.4, 0.5) is 0 Å². The number of carbonyl (C=O) groups excluding carboxylic acids is 2. The van der Waals surface area contributed by atoms with Gasteiger partial charge in [0.2, 0.25) is 11.8 Å². The number of carbonyl (C=O) groups is 2. The van der Waals surface area contributed by atoms with Crippen LogP contribution < -0.4 is 11.1 Å². The number of primary amides is 1. The summed E-state index contributed by atoms with van der Waals surface area (Å²) in [6.07, 6.45) is 4.07. The van der Waals surface area contributed by atoms with Crippen LogP contribution in [0.25, 0.3) is 0 Å². The van der Waals surface area contributed by atoms with E-state index in [1.54, 1.807) is 0 Å². The van der Waals surface area contributed by atoms with Crippen molar-refractivity contribution in [2.75, 3.05) is 13.2 Å². The fraction of sp³-hybridized carbons (Fsp3) is 0.579. The van der Waals surface area contributed by atoms with Crippen molar-refractivity contribution in [1.82, 2.24) is 5.32 Å². The number of aryl methyl sites for hydroxylation is 2.